The zero-order chi connectivity index (χ0) is 14.4. The fraction of sp³-hybridized carbons (Fsp3) is 0.500. The predicted molar refractivity (Wildman–Crippen MR) is 80.1 cm³/mol. The molecule has 110 valence electrons. The van der Waals surface area contributed by atoms with Crippen LogP contribution in [0.3, 0.4) is 0 Å². The van der Waals surface area contributed by atoms with E-state index >= 15 is 0 Å². The average Bonchev–Trinajstić information content (AvgIpc) is 3.09. The van der Waals surface area contributed by atoms with Gasteiger partial charge >= 0.3 is 0 Å². The molecule has 4 rings (SSSR count). The highest BCUT2D eigenvalue weighted by Crippen LogP contribution is 2.41. The van der Waals surface area contributed by atoms with Gasteiger partial charge in [-0.3, -0.25) is 4.79 Å². The first kappa shape index (κ1) is 12.7. The largest absolute Gasteiger partial charge is 0.423 e. The van der Waals surface area contributed by atoms with Crippen molar-refractivity contribution in [2.75, 3.05) is 31.6 Å². The van der Waals surface area contributed by atoms with Gasteiger partial charge in [0.1, 0.15) is 5.52 Å². The Hall–Kier alpha value is -2.04. The van der Waals surface area contributed by atoms with Crippen molar-refractivity contribution in [1.82, 2.24) is 9.88 Å². The van der Waals surface area contributed by atoms with Gasteiger partial charge in [-0.15, -0.1) is 0 Å². The highest BCUT2D eigenvalue weighted by Gasteiger charge is 2.48. The fourth-order valence-electron chi connectivity index (χ4n) is 3.68. The normalized spacial score (nSPS) is 26.2. The molecule has 2 aromatic rings. The zero-order valence-corrected chi connectivity index (χ0v) is 12.2. The molecule has 0 saturated carbocycles. The van der Waals surface area contributed by atoms with Crippen molar-refractivity contribution in [3.8, 4) is 0 Å². The highest BCUT2D eigenvalue weighted by atomic mass is 16.4. The number of amides is 1. The van der Waals surface area contributed by atoms with Crippen LogP contribution in [0, 0.1) is 5.41 Å². The van der Waals surface area contributed by atoms with Crippen LogP contribution in [-0.4, -0.2) is 42.5 Å². The Balaban J connectivity index is 1.62. The minimum Gasteiger partial charge on any atom is -0.423 e. The van der Waals surface area contributed by atoms with Crippen molar-refractivity contribution in [1.29, 1.82) is 0 Å². The second kappa shape index (κ2) is 4.48. The summed E-state index contributed by atoms with van der Waals surface area (Å²) in [7, 11) is 1.91. The maximum atomic E-state index is 12.5. The maximum absolute atomic E-state index is 12.5. The molecule has 3 heterocycles. The van der Waals surface area contributed by atoms with E-state index in [4.69, 9.17) is 4.42 Å². The number of para-hydroxylation sites is 2. The third-order valence-electron chi connectivity index (χ3n) is 4.86. The molecular weight excluding hydrogens is 266 g/mol. The average molecular weight is 285 g/mol. The van der Waals surface area contributed by atoms with Crippen LogP contribution in [-0.2, 0) is 4.79 Å². The van der Waals surface area contributed by atoms with Crippen LogP contribution >= 0.6 is 0 Å². The monoisotopic (exact) mass is 285 g/mol. The summed E-state index contributed by atoms with van der Waals surface area (Å²) >= 11 is 0. The summed E-state index contributed by atoms with van der Waals surface area (Å²) in [6.45, 7) is 2.44. The summed E-state index contributed by atoms with van der Waals surface area (Å²) in [6, 6.07) is 8.43. The number of benzene rings is 1. The van der Waals surface area contributed by atoms with Crippen LogP contribution in [0.5, 0.6) is 0 Å². The van der Waals surface area contributed by atoms with E-state index in [2.05, 4.69) is 9.88 Å². The first-order valence-corrected chi connectivity index (χ1v) is 7.54. The summed E-state index contributed by atoms with van der Waals surface area (Å²) in [5.74, 6) is 0.285. The van der Waals surface area contributed by atoms with Crippen molar-refractivity contribution in [3.05, 3.63) is 24.3 Å². The van der Waals surface area contributed by atoms with Crippen LogP contribution in [0.4, 0.5) is 6.01 Å². The number of oxazole rings is 1. The summed E-state index contributed by atoms with van der Waals surface area (Å²) in [6.07, 6.45) is 2.96. The van der Waals surface area contributed by atoms with E-state index in [9.17, 15) is 4.79 Å². The van der Waals surface area contributed by atoms with Crippen LogP contribution in [0.25, 0.3) is 11.1 Å². The number of hydrogen-bond acceptors (Lipinski definition) is 4. The molecule has 1 amide bonds. The zero-order valence-electron chi connectivity index (χ0n) is 12.2. The van der Waals surface area contributed by atoms with Crippen LogP contribution in [0.2, 0.25) is 0 Å². The number of fused-ring (bicyclic) bond motifs is 1. The van der Waals surface area contributed by atoms with Crippen molar-refractivity contribution in [2.24, 2.45) is 5.41 Å². The second-order valence-corrected chi connectivity index (χ2v) is 6.25. The molecule has 0 radical (unpaired) electrons. The summed E-state index contributed by atoms with van der Waals surface area (Å²) < 4.78 is 5.84. The van der Waals surface area contributed by atoms with Gasteiger partial charge in [0.25, 0.3) is 6.01 Å². The van der Waals surface area contributed by atoms with Gasteiger partial charge in [-0.2, -0.15) is 4.98 Å². The van der Waals surface area contributed by atoms with E-state index in [1.54, 1.807) is 0 Å². The van der Waals surface area contributed by atoms with E-state index in [0.717, 1.165) is 50.0 Å². The van der Waals surface area contributed by atoms with Gasteiger partial charge in [0.15, 0.2) is 5.58 Å². The molecule has 0 unspecified atom stereocenters. The van der Waals surface area contributed by atoms with Gasteiger partial charge in [0.05, 0.1) is 5.41 Å². The molecule has 2 aliphatic rings. The lowest BCUT2D eigenvalue weighted by molar-refractivity contribution is -0.143. The van der Waals surface area contributed by atoms with Crippen molar-refractivity contribution in [2.45, 2.75) is 19.3 Å². The second-order valence-electron chi connectivity index (χ2n) is 6.25. The van der Waals surface area contributed by atoms with E-state index in [1.807, 2.05) is 36.2 Å². The third-order valence-corrected chi connectivity index (χ3v) is 4.86. The number of nitrogens with zero attached hydrogens (tertiary/aromatic N) is 3. The smallest absolute Gasteiger partial charge is 0.298 e. The number of hydrogen-bond donors (Lipinski definition) is 0. The third kappa shape index (κ3) is 1.91. The molecule has 5 heteroatoms. The first-order chi connectivity index (χ1) is 10.2. The standard InChI is InChI=1S/C16H19N3O2/c1-18-9-4-7-16(14(18)20)8-10-19(11-16)15-17-12-5-2-3-6-13(12)21-15/h2-3,5-6H,4,7-11H2,1H3/t16-/m1/s1. The van der Waals surface area contributed by atoms with E-state index in [0.29, 0.717) is 6.01 Å². The molecule has 1 spiro atoms. The predicted octanol–water partition coefficient (Wildman–Crippen LogP) is 2.28. The number of carbonyl (C=O) groups is 1. The summed E-state index contributed by atoms with van der Waals surface area (Å²) in [5, 5.41) is 0. The minimum absolute atomic E-state index is 0.229. The van der Waals surface area contributed by atoms with E-state index < -0.39 is 0 Å². The van der Waals surface area contributed by atoms with Gasteiger partial charge in [0.2, 0.25) is 5.91 Å². The Bertz CT molecular complexity index is 663. The number of anilines is 1. The van der Waals surface area contributed by atoms with E-state index in [1.165, 1.54) is 0 Å². The molecule has 0 aliphatic carbocycles. The quantitative estimate of drug-likeness (QED) is 0.806. The Labute approximate surface area is 123 Å². The van der Waals surface area contributed by atoms with Crippen molar-refractivity contribution in [3.63, 3.8) is 0 Å². The van der Waals surface area contributed by atoms with Crippen LogP contribution in [0.1, 0.15) is 19.3 Å². The lowest BCUT2D eigenvalue weighted by atomic mass is 9.78. The first-order valence-electron chi connectivity index (χ1n) is 7.54. The molecule has 1 aromatic carbocycles. The van der Waals surface area contributed by atoms with Gasteiger partial charge in [-0.25, -0.2) is 0 Å². The number of piperidine rings is 1. The Morgan fingerprint density at radius 2 is 2.10 bits per heavy atom. The molecule has 0 bridgehead atoms. The molecule has 2 fully saturated rings. The molecule has 1 atom stereocenters. The molecule has 2 aliphatic heterocycles. The Kier molecular flexibility index (Phi) is 2.71. The molecule has 1 aromatic heterocycles. The van der Waals surface area contributed by atoms with Crippen LogP contribution < -0.4 is 4.90 Å². The van der Waals surface area contributed by atoms with Crippen LogP contribution in [0.15, 0.2) is 28.7 Å². The van der Waals surface area contributed by atoms with E-state index in [-0.39, 0.29) is 11.3 Å². The molecule has 0 N–H and O–H groups in total. The minimum atomic E-state index is -0.229. The summed E-state index contributed by atoms with van der Waals surface area (Å²) in [4.78, 5) is 21.1. The van der Waals surface area contributed by atoms with Crippen molar-refractivity contribution >= 4 is 23.0 Å². The SMILES string of the molecule is CN1CCC[C@]2(CCN(c3nc4ccccc4o3)C2)C1=O. The number of carbonyl (C=O) groups excluding carboxylic acids is 1. The lowest BCUT2D eigenvalue weighted by Crippen LogP contribution is -2.48. The molecule has 2 saturated heterocycles. The molecule has 21 heavy (non-hydrogen) atoms. The Morgan fingerprint density at radius 3 is 2.95 bits per heavy atom. The topological polar surface area (TPSA) is 49.6 Å². The number of likely N-dealkylation sites (tertiary alicyclic amines) is 1. The lowest BCUT2D eigenvalue weighted by Gasteiger charge is -2.37. The number of aromatic nitrogens is 1. The fourth-order valence-corrected chi connectivity index (χ4v) is 3.68. The Morgan fingerprint density at radius 1 is 1.24 bits per heavy atom. The highest BCUT2D eigenvalue weighted by molar-refractivity contribution is 5.85. The van der Waals surface area contributed by atoms with Gasteiger partial charge < -0.3 is 14.2 Å². The summed E-state index contributed by atoms with van der Waals surface area (Å²) in [5.41, 5.74) is 1.45. The van der Waals surface area contributed by atoms with Gasteiger partial charge in [-0.1, -0.05) is 12.1 Å². The van der Waals surface area contributed by atoms with Crippen molar-refractivity contribution < 1.29 is 9.21 Å². The molecular formula is C16H19N3O2. The maximum Gasteiger partial charge on any atom is 0.298 e. The van der Waals surface area contributed by atoms with Gasteiger partial charge in [-0.05, 0) is 31.4 Å². The molecule has 5 nitrogen and oxygen atoms in total. The number of rotatable bonds is 1. The van der Waals surface area contributed by atoms with Gasteiger partial charge in [0, 0.05) is 26.7 Å².